The summed E-state index contributed by atoms with van der Waals surface area (Å²) in [7, 11) is 0. The maximum Gasteiger partial charge on any atom is 0.133 e. The lowest BCUT2D eigenvalue weighted by molar-refractivity contribution is 0.300. The second-order valence-electron chi connectivity index (χ2n) is 6.76. The molecule has 3 rings (SSSR count). The van der Waals surface area contributed by atoms with Gasteiger partial charge in [-0.15, -0.1) is 0 Å². The van der Waals surface area contributed by atoms with Crippen molar-refractivity contribution in [3.63, 3.8) is 0 Å². The SMILES string of the molecule is CCC/C=C(/Nc1ncc(Br)cc1C)c1cccc(OCc2ccccc2F)c1. The predicted molar refractivity (Wildman–Crippen MR) is 120 cm³/mol. The van der Waals surface area contributed by atoms with E-state index in [0.717, 1.165) is 40.0 Å². The fourth-order valence-electron chi connectivity index (χ4n) is 2.86. The van der Waals surface area contributed by atoms with Gasteiger partial charge in [-0.05, 0) is 59.1 Å². The molecule has 1 aromatic heterocycles. The smallest absolute Gasteiger partial charge is 0.133 e. The molecule has 0 aliphatic rings. The first-order valence-electron chi connectivity index (χ1n) is 9.62. The van der Waals surface area contributed by atoms with E-state index in [4.69, 9.17) is 4.74 Å². The number of nitrogens with zero attached hydrogens (tertiary/aromatic N) is 1. The van der Waals surface area contributed by atoms with Gasteiger partial charge in [-0.2, -0.15) is 0 Å². The number of aryl methyl sites for hydroxylation is 1. The van der Waals surface area contributed by atoms with Crippen LogP contribution in [0.4, 0.5) is 10.2 Å². The zero-order valence-electron chi connectivity index (χ0n) is 16.6. The van der Waals surface area contributed by atoms with Crippen LogP contribution in [0.3, 0.4) is 0 Å². The third kappa shape index (κ3) is 5.91. The fourth-order valence-corrected chi connectivity index (χ4v) is 3.30. The Hall–Kier alpha value is -2.66. The van der Waals surface area contributed by atoms with Gasteiger partial charge in [0.1, 0.15) is 24.0 Å². The van der Waals surface area contributed by atoms with Crippen molar-refractivity contribution in [2.24, 2.45) is 0 Å². The van der Waals surface area contributed by atoms with Crippen LogP contribution in [0.25, 0.3) is 5.70 Å². The number of ether oxygens (including phenoxy) is 1. The molecular weight excluding hydrogens is 431 g/mol. The van der Waals surface area contributed by atoms with Crippen molar-refractivity contribution >= 4 is 27.4 Å². The Labute approximate surface area is 179 Å². The lowest BCUT2D eigenvalue weighted by atomic mass is 10.1. The molecule has 0 amide bonds. The monoisotopic (exact) mass is 454 g/mol. The molecule has 5 heteroatoms. The van der Waals surface area contributed by atoms with Gasteiger partial charge in [0, 0.05) is 27.5 Å². The number of nitrogens with one attached hydrogen (secondary N) is 1. The topological polar surface area (TPSA) is 34.2 Å². The Bertz CT molecular complexity index is 1000. The van der Waals surface area contributed by atoms with E-state index in [1.165, 1.54) is 6.07 Å². The molecule has 0 aliphatic heterocycles. The Morgan fingerprint density at radius 2 is 2.00 bits per heavy atom. The van der Waals surface area contributed by atoms with E-state index in [0.29, 0.717) is 11.3 Å². The highest BCUT2D eigenvalue weighted by molar-refractivity contribution is 9.10. The van der Waals surface area contributed by atoms with Crippen molar-refractivity contribution in [3.05, 3.63) is 93.9 Å². The molecule has 0 spiro atoms. The van der Waals surface area contributed by atoms with Gasteiger partial charge in [-0.1, -0.05) is 49.8 Å². The number of hydrogen-bond acceptors (Lipinski definition) is 3. The molecule has 0 atom stereocenters. The summed E-state index contributed by atoms with van der Waals surface area (Å²) in [5, 5.41) is 3.45. The number of hydrogen-bond donors (Lipinski definition) is 1. The molecule has 0 fully saturated rings. The first-order valence-corrected chi connectivity index (χ1v) is 10.4. The van der Waals surface area contributed by atoms with Gasteiger partial charge in [-0.25, -0.2) is 9.37 Å². The number of anilines is 1. The van der Waals surface area contributed by atoms with Crippen molar-refractivity contribution in [2.75, 3.05) is 5.32 Å². The molecule has 1 heterocycles. The summed E-state index contributed by atoms with van der Waals surface area (Å²) < 4.78 is 20.6. The van der Waals surface area contributed by atoms with E-state index in [1.807, 2.05) is 37.3 Å². The maximum absolute atomic E-state index is 13.8. The third-order valence-corrected chi connectivity index (χ3v) is 4.87. The summed E-state index contributed by atoms with van der Waals surface area (Å²) in [5.74, 6) is 1.24. The Kier molecular flexibility index (Phi) is 7.42. The van der Waals surface area contributed by atoms with Crippen LogP contribution in [-0.4, -0.2) is 4.98 Å². The first-order chi connectivity index (χ1) is 14.1. The average Bonchev–Trinajstić information content (AvgIpc) is 2.72. The van der Waals surface area contributed by atoms with Crippen molar-refractivity contribution < 1.29 is 9.13 Å². The van der Waals surface area contributed by atoms with Gasteiger partial charge >= 0.3 is 0 Å². The summed E-state index contributed by atoms with van der Waals surface area (Å²) in [6, 6.07) is 16.5. The van der Waals surface area contributed by atoms with Crippen LogP contribution in [0.2, 0.25) is 0 Å². The number of allylic oxidation sites excluding steroid dienone is 1. The van der Waals surface area contributed by atoms with Crippen LogP contribution >= 0.6 is 15.9 Å². The minimum Gasteiger partial charge on any atom is -0.489 e. The predicted octanol–water partition coefficient (Wildman–Crippen LogP) is 7.12. The van der Waals surface area contributed by atoms with E-state index in [1.54, 1.807) is 24.4 Å². The highest BCUT2D eigenvalue weighted by Crippen LogP contribution is 2.25. The minimum absolute atomic E-state index is 0.185. The molecule has 3 nitrogen and oxygen atoms in total. The molecule has 0 saturated heterocycles. The quantitative estimate of drug-likeness (QED) is 0.393. The second-order valence-corrected chi connectivity index (χ2v) is 7.67. The fraction of sp³-hybridized carbons (Fsp3) is 0.208. The Morgan fingerprint density at radius 1 is 1.17 bits per heavy atom. The van der Waals surface area contributed by atoms with Gasteiger partial charge in [0.2, 0.25) is 0 Å². The largest absolute Gasteiger partial charge is 0.489 e. The minimum atomic E-state index is -0.259. The van der Waals surface area contributed by atoms with Crippen molar-refractivity contribution in [3.8, 4) is 5.75 Å². The maximum atomic E-state index is 13.8. The van der Waals surface area contributed by atoms with Gasteiger partial charge in [0.05, 0.1) is 0 Å². The van der Waals surface area contributed by atoms with Crippen LogP contribution < -0.4 is 10.1 Å². The Morgan fingerprint density at radius 3 is 2.76 bits per heavy atom. The number of pyridine rings is 1. The highest BCUT2D eigenvalue weighted by atomic mass is 79.9. The molecule has 0 radical (unpaired) electrons. The number of benzene rings is 2. The molecule has 0 saturated carbocycles. The van der Waals surface area contributed by atoms with Crippen LogP contribution in [0.1, 0.15) is 36.5 Å². The summed E-state index contributed by atoms with van der Waals surface area (Å²) >= 11 is 3.45. The molecule has 1 N–H and O–H groups in total. The van der Waals surface area contributed by atoms with E-state index in [2.05, 4.69) is 39.2 Å². The number of rotatable bonds is 8. The van der Waals surface area contributed by atoms with Crippen molar-refractivity contribution in [1.82, 2.24) is 4.98 Å². The van der Waals surface area contributed by atoms with Crippen LogP contribution in [0.5, 0.6) is 5.75 Å². The summed E-state index contributed by atoms with van der Waals surface area (Å²) in [6.45, 7) is 4.35. The standard InChI is InChI=1S/C24H24BrFN2O/c1-3-4-12-23(28-24-17(2)13-20(25)15-27-24)18-9-7-10-21(14-18)29-16-19-8-5-6-11-22(19)26/h5-15H,3-4,16H2,1-2H3,(H,27,28)/b23-12+. The summed E-state index contributed by atoms with van der Waals surface area (Å²) in [6.07, 6.45) is 5.93. The number of unbranched alkanes of at least 4 members (excludes halogenated alkanes) is 1. The van der Waals surface area contributed by atoms with E-state index in [9.17, 15) is 4.39 Å². The molecule has 3 aromatic rings. The van der Waals surface area contributed by atoms with E-state index in [-0.39, 0.29) is 12.4 Å². The van der Waals surface area contributed by atoms with Gasteiger partial charge in [-0.3, -0.25) is 0 Å². The zero-order valence-corrected chi connectivity index (χ0v) is 18.2. The zero-order chi connectivity index (χ0) is 20.6. The summed E-state index contributed by atoms with van der Waals surface area (Å²) in [5.41, 5.74) is 3.55. The molecule has 150 valence electrons. The molecule has 29 heavy (non-hydrogen) atoms. The molecule has 0 bridgehead atoms. The van der Waals surface area contributed by atoms with Gasteiger partial charge in [0.15, 0.2) is 0 Å². The van der Waals surface area contributed by atoms with Gasteiger partial charge in [0.25, 0.3) is 0 Å². The number of halogens is 2. The van der Waals surface area contributed by atoms with Crippen molar-refractivity contribution in [1.29, 1.82) is 0 Å². The van der Waals surface area contributed by atoms with Crippen LogP contribution in [0, 0.1) is 12.7 Å². The lowest BCUT2D eigenvalue weighted by Gasteiger charge is -2.15. The Balaban J connectivity index is 1.81. The third-order valence-electron chi connectivity index (χ3n) is 4.43. The second kappa shape index (κ2) is 10.2. The van der Waals surface area contributed by atoms with Crippen LogP contribution in [-0.2, 0) is 6.61 Å². The normalized spacial score (nSPS) is 11.4. The van der Waals surface area contributed by atoms with E-state index >= 15 is 0 Å². The molecular formula is C24H24BrFN2O. The molecule has 0 aliphatic carbocycles. The van der Waals surface area contributed by atoms with Gasteiger partial charge < -0.3 is 10.1 Å². The van der Waals surface area contributed by atoms with Crippen molar-refractivity contribution in [2.45, 2.75) is 33.3 Å². The highest BCUT2D eigenvalue weighted by Gasteiger charge is 2.08. The lowest BCUT2D eigenvalue weighted by Crippen LogP contribution is -2.04. The average molecular weight is 455 g/mol. The molecule has 0 unspecified atom stereocenters. The van der Waals surface area contributed by atoms with Crippen LogP contribution in [0.15, 0.2) is 71.3 Å². The van der Waals surface area contributed by atoms with E-state index < -0.39 is 0 Å². The molecule has 2 aromatic carbocycles. The number of aromatic nitrogens is 1. The first kappa shape index (κ1) is 21.1. The summed E-state index contributed by atoms with van der Waals surface area (Å²) in [4.78, 5) is 4.49.